The average molecular weight is 145 g/mol. The fourth-order valence-corrected chi connectivity index (χ4v) is 1.38. The predicted octanol–water partition coefficient (Wildman–Crippen LogP) is 2.84. The Morgan fingerprint density at radius 1 is 1.18 bits per heavy atom. The van der Waals surface area contributed by atoms with Crippen molar-refractivity contribution in [3.8, 4) is 0 Å². The van der Waals surface area contributed by atoms with Gasteiger partial charge in [-0.1, -0.05) is 30.3 Å². The molecule has 1 aliphatic carbocycles. The van der Waals surface area contributed by atoms with E-state index in [-0.39, 0.29) is 0 Å². The molecule has 1 aromatic rings. The van der Waals surface area contributed by atoms with Crippen LogP contribution in [-0.2, 0) is 6.42 Å². The Morgan fingerprint density at radius 3 is 2.36 bits per heavy atom. The highest BCUT2D eigenvalue weighted by Gasteiger charge is 2.36. The van der Waals surface area contributed by atoms with Crippen LogP contribution in [0.1, 0.15) is 18.4 Å². The summed E-state index contributed by atoms with van der Waals surface area (Å²) in [5.41, 5.74) is 1.83. The third-order valence-electron chi connectivity index (χ3n) is 2.38. The minimum Gasteiger partial charge on any atom is -0.0622 e. The third-order valence-corrected chi connectivity index (χ3v) is 2.38. The molecule has 0 N–H and O–H groups in total. The Labute approximate surface area is 68.3 Å². The van der Waals surface area contributed by atoms with Gasteiger partial charge in [0, 0.05) is 0 Å². The Balaban J connectivity index is 2.07. The molecule has 1 aliphatic rings. The summed E-state index contributed by atoms with van der Waals surface area (Å²) in [6, 6.07) is 10.6. The zero-order valence-electron chi connectivity index (χ0n) is 6.72. The molecule has 57 valence electrons. The van der Waals surface area contributed by atoms with E-state index in [2.05, 4.69) is 37.3 Å². The first-order valence-corrected chi connectivity index (χ1v) is 4.18. The smallest absolute Gasteiger partial charge is 0.0222 e. The standard InChI is InChI=1S/C11H13/c1-11(7-8-11)9-10-5-3-2-4-6-10/h2-6H,1,7-9H2. The highest BCUT2D eigenvalue weighted by atomic mass is 14.4. The van der Waals surface area contributed by atoms with Crippen molar-refractivity contribution in [1.29, 1.82) is 0 Å². The van der Waals surface area contributed by atoms with Crippen molar-refractivity contribution in [3.63, 3.8) is 0 Å². The lowest BCUT2D eigenvalue weighted by molar-refractivity contribution is 0.643. The molecule has 2 rings (SSSR count). The van der Waals surface area contributed by atoms with Crippen LogP contribution in [0.4, 0.5) is 0 Å². The van der Waals surface area contributed by atoms with Crippen molar-refractivity contribution in [2.75, 3.05) is 0 Å². The van der Waals surface area contributed by atoms with E-state index in [0.29, 0.717) is 5.41 Å². The van der Waals surface area contributed by atoms with Gasteiger partial charge in [-0.05, 0) is 37.2 Å². The molecule has 1 radical (unpaired) electrons. The van der Waals surface area contributed by atoms with Gasteiger partial charge in [0.2, 0.25) is 0 Å². The maximum absolute atomic E-state index is 4.18. The number of hydrogen-bond donors (Lipinski definition) is 0. The zero-order valence-corrected chi connectivity index (χ0v) is 6.72. The Bertz CT molecular complexity index is 231. The molecular weight excluding hydrogens is 132 g/mol. The van der Waals surface area contributed by atoms with Crippen LogP contribution in [0.3, 0.4) is 0 Å². The molecule has 0 unspecified atom stereocenters. The molecule has 0 aliphatic heterocycles. The predicted molar refractivity (Wildman–Crippen MR) is 47.2 cm³/mol. The molecule has 1 fully saturated rings. The lowest BCUT2D eigenvalue weighted by Crippen LogP contribution is -1.98. The quantitative estimate of drug-likeness (QED) is 0.600. The van der Waals surface area contributed by atoms with Crippen molar-refractivity contribution in [1.82, 2.24) is 0 Å². The fourth-order valence-electron chi connectivity index (χ4n) is 1.38. The molecule has 0 heterocycles. The number of rotatable bonds is 2. The summed E-state index contributed by atoms with van der Waals surface area (Å²) in [5, 5.41) is 0. The third kappa shape index (κ3) is 1.62. The van der Waals surface area contributed by atoms with Crippen LogP contribution < -0.4 is 0 Å². The lowest BCUT2D eigenvalue weighted by Gasteiger charge is -2.06. The van der Waals surface area contributed by atoms with Crippen molar-refractivity contribution >= 4 is 0 Å². The second-order valence-corrected chi connectivity index (χ2v) is 3.66. The number of benzene rings is 1. The lowest BCUT2D eigenvalue weighted by atomic mass is 9.99. The van der Waals surface area contributed by atoms with Gasteiger partial charge in [-0.2, -0.15) is 0 Å². The van der Waals surface area contributed by atoms with E-state index in [9.17, 15) is 0 Å². The molecule has 0 bridgehead atoms. The molecular formula is C11H13. The zero-order chi connectivity index (χ0) is 7.73. The van der Waals surface area contributed by atoms with Gasteiger partial charge in [-0.15, -0.1) is 0 Å². The first-order valence-electron chi connectivity index (χ1n) is 4.18. The largest absolute Gasteiger partial charge is 0.0622 e. The summed E-state index contributed by atoms with van der Waals surface area (Å²) in [5.74, 6) is 0. The van der Waals surface area contributed by atoms with Gasteiger partial charge in [0.05, 0.1) is 0 Å². The molecule has 0 atom stereocenters. The minimum atomic E-state index is 0.404. The second-order valence-electron chi connectivity index (χ2n) is 3.66. The summed E-state index contributed by atoms with van der Waals surface area (Å²) < 4.78 is 0. The molecule has 0 amide bonds. The summed E-state index contributed by atoms with van der Waals surface area (Å²) in [7, 11) is 0. The number of hydrogen-bond acceptors (Lipinski definition) is 0. The normalized spacial score (nSPS) is 19.7. The molecule has 0 nitrogen and oxygen atoms in total. The van der Waals surface area contributed by atoms with Gasteiger partial charge in [-0.3, -0.25) is 0 Å². The van der Waals surface area contributed by atoms with Crippen molar-refractivity contribution in [3.05, 3.63) is 42.8 Å². The summed E-state index contributed by atoms with van der Waals surface area (Å²) in [6.07, 6.45) is 3.78. The van der Waals surface area contributed by atoms with Crippen LogP contribution in [0.2, 0.25) is 0 Å². The van der Waals surface area contributed by atoms with Crippen LogP contribution in [0.15, 0.2) is 30.3 Å². The van der Waals surface area contributed by atoms with Crippen LogP contribution in [0.5, 0.6) is 0 Å². The maximum Gasteiger partial charge on any atom is -0.0222 e. The van der Waals surface area contributed by atoms with Crippen molar-refractivity contribution < 1.29 is 0 Å². The molecule has 1 aromatic carbocycles. The van der Waals surface area contributed by atoms with Gasteiger partial charge < -0.3 is 0 Å². The molecule has 0 saturated heterocycles. The Hall–Kier alpha value is -0.780. The van der Waals surface area contributed by atoms with E-state index in [1.54, 1.807) is 0 Å². The highest BCUT2D eigenvalue weighted by Crippen LogP contribution is 2.47. The SMILES string of the molecule is [CH2]C1(Cc2ccccc2)CC1. The van der Waals surface area contributed by atoms with Gasteiger partial charge in [0.15, 0.2) is 0 Å². The summed E-state index contributed by atoms with van der Waals surface area (Å²) in [4.78, 5) is 0. The van der Waals surface area contributed by atoms with Gasteiger partial charge >= 0.3 is 0 Å². The Morgan fingerprint density at radius 2 is 1.82 bits per heavy atom. The van der Waals surface area contributed by atoms with Gasteiger partial charge in [0.1, 0.15) is 0 Å². The van der Waals surface area contributed by atoms with E-state index in [0.717, 1.165) is 6.42 Å². The summed E-state index contributed by atoms with van der Waals surface area (Å²) >= 11 is 0. The molecule has 11 heavy (non-hydrogen) atoms. The van der Waals surface area contributed by atoms with E-state index < -0.39 is 0 Å². The fraction of sp³-hybridized carbons (Fsp3) is 0.364. The highest BCUT2D eigenvalue weighted by molar-refractivity contribution is 5.19. The first-order chi connectivity index (χ1) is 5.29. The second kappa shape index (κ2) is 2.37. The van der Waals surface area contributed by atoms with Crippen LogP contribution >= 0.6 is 0 Å². The average Bonchev–Trinajstić information content (AvgIpc) is 2.70. The van der Waals surface area contributed by atoms with E-state index in [1.165, 1.54) is 18.4 Å². The van der Waals surface area contributed by atoms with Gasteiger partial charge in [-0.25, -0.2) is 0 Å². The van der Waals surface area contributed by atoms with Crippen molar-refractivity contribution in [2.24, 2.45) is 5.41 Å². The summed E-state index contributed by atoms with van der Waals surface area (Å²) in [6.45, 7) is 4.18. The maximum atomic E-state index is 4.18. The molecule has 0 aromatic heterocycles. The minimum absolute atomic E-state index is 0.404. The van der Waals surface area contributed by atoms with Gasteiger partial charge in [0.25, 0.3) is 0 Å². The topological polar surface area (TPSA) is 0 Å². The van der Waals surface area contributed by atoms with E-state index in [4.69, 9.17) is 0 Å². The van der Waals surface area contributed by atoms with Crippen LogP contribution in [0.25, 0.3) is 0 Å². The van der Waals surface area contributed by atoms with Crippen molar-refractivity contribution in [2.45, 2.75) is 19.3 Å². The molecule has 0 heteroatoms. The van der Waals surface area contributed by atoms with E-state index >= 15 is 0 Å². The monoisotopic (exact) mass is 145 g/mol. The van der Waals surface area contributed by atoms with Crippen LogP contribution in [-0.4, -0.2) is 0 Å². The van der Waals surface area contributed by atoms with E-state index in [1.807, 2.05) is 0 Å². The Kier molecular flexibility index (Phi) is 1.49. The molecule has 0 spiro atoms. The first kappa shape index (κ1) is 6.90. The van der Waals surface area contributed by atoms with Crippen LogP contribution in [0, 0.1) is 12.3 Å². The molecule has 1 saturated carbocycles.